The van der Waals surface area contributed by atoms with E-state index in [1.807, 2.05) is 61.5 Å². The molecule has 1 N–H and O–H groups in total. The second-order valence-electron chi connectivity index (χ2n) is 9.33. The third-order valence-corrected chi connectivity index (χ3v) is 8.51. The molecule has 9 heteroatoms. The SMILES string of the molecule is CC(c1ccccc1)N1C(=O)C(=Cc2c(N3CCN(CCO)CC3)c3ccccc3n(C)c2=O)SC1=S. The van der Waals surface area contributed by atoms with Gasteiger partial charge in [0.25, 0.3) is 11.5 Å². The van der Waals surface area contributed by atoms with Crippen LogP contribution in [-0.2, 0) is 11.8 Å². The number of thiocarbonyl (C=S) groups is 1. The molecule has 1 aromatic heterocycles. The van der Waals surface area contributed by atoms with Gasteiger partial charge in [-0.15, -0.1) is 0 Å². The molecule has 2 aromatic carbocycles. The van der Waals surface area contributed by atoms with Crippen LogP contribution in [0.15, 0.2) is 64.3 Å². The van der Waals surface area contributed by atoms with Crippen LogP contribution in [0.25, 0.3) is 17.0 Å². The lowest BCUT2D eigenvalue weighted by atomic mass is 10.0. The van der Waals surface area contributed by atoms with Gasteiger partial charge in [-0.3, -0.25) is 19.4 Å². The third-order valence-electron chi connectivity index (χ3n) is 7.18. The minimum Gasteiger partial charge on any atom is -0.395 e. The zero-order chi connectivity index (χ0) is 26.1. The van der Waals surface area contributed by atoms with E-state index in [1.165, 1.54) is 11.8 Å². The molecule has 0 radical (unpaired) electrons. The number of β-amino-alcohol motifs (C(OH)–C–C–N with tert-alkyl or cyclic N) is 1. The number of para-hydroxylation sites is 1. The van der Waals surface area contributed by atoms with E-state index in [4.69, 9.17) is 12.2 Å². The van der Waals surface area contributed by atoms with E-state index in [9.17, 15) is 14.7 Å². The summed E-state index contributed by atoms with van der Waals surface area (Å²) in [5.41, 5.74) is 3.06. The number of aliphatic hydroxyl groups is 1. The van der Waals surface area contributed by atoms with Gasteiger partial charge < -0.3 is 14.6 Å². The maximum atomic E-state index is 13.7. The number of piperazine rings is 1. The molecule has 0 spiro atoms. The Kier molecular flexibility index (Phi) is 7.48. The highest BCUT2D eigenvalue weighted by Crippen LogP contribution is 2.39. The zero-order valence-corrected chi connectivity index (χ0v) is 22.6. The van der Waals surface area contributed by atoms with Crippen molar-refractivity contribution in [1.82, 2.24) is 14.4 Å². The Morgan fingerprint density at radius 1 is 1.03 bits per heavy atom. The van der Waals surface area contributed by atoms with Crippen molar-refractivity contribution in [1.29, 1.82) is 0 Å². The van der Waals surface area contributed by atoms with Gasteiger partial charge in [0, 0.05) is 45.2 Å². The van der Waals surface area contributed by atoms with E-state index < -0.39 is 0 Å². The summed E-state index contributed by atoms with van der Waals surface area (Å²) in [7, 11) is 1.77. The van der Waals surface area contributed by atoms with Gasteiger partial charge in [-0.1, -0.05) is 72.5 Å². The van der Waals surface area contributed by atoms with Crippen LogP contribution in [0.1, 0.15) is 24.1 Å². The normalized spacial score (nSPS) is 18.8. The Morgan fingerprint density at radius 2 is 1.70 bits per heavy atom. The molecule has 2 saturated heterocycles. The van der Waals surface area contributed by atoms with Crippen molar-refractivity contribution in [2.24, 2.45) is 7.05 Å². The Morgan fingerprint density at radius 3 is 2.41 bits per heavy atom. The molecule has 37 heavy (non-hydrogen) atoms. The molecule has 1 amide bonds. The lowest BCUT2D eigenvalue weighted by Gasteiger charge is -2.37. The van der Waals surface area contributed by atoms with Crippen molar-refractivity contribution in [2.45, 2.75) is 13.0 Å². The summed E-state index contributed by atoms with van der Waals surface area (Å²) in [6, 6.07) is 17.5. The van der Waals surface area contributed by atoms with Crippen molar-refractivity contribution >= 4 is 56.9 Å². The van der Waals surface area contributed by atoms with E-state index >= 15 is 0 Å². The lowest BCUT2D eigenvalue weighted by Crippen LogP contribution is -2.48. The van der Waals surface area contributed by atoms with Gasteiger partial charge in [-0.05, 0) is 24.6 Å². The van der Waals surface area contributed by atoms with Gasteiger partial charge >= 0.3 is 0 Å². The van der Waals surface area contributed by atoms with E-state index in [1.54, 1.807) is 22.6 Å². The average Bonchev–Trinajstić information content (AvgIpc) is 3.20. The van der Waals surface area contributed by atoms with Crippen molar-refractivity contribution < 1.29 is 9.90 Å². The summed E-state index contributed by atoms with van der Waals surface area (Å²) >= 11 is 6.87. The predicted molar refractivity (Wildman–Crippen MR) is 155 cm³/mol. The van der Waals surface area contributed by atoms with Crippen molar-refractivity contribution in [3.05, 3.63) is 81.0 Å². The quantitative estimate of drug-likeness (QED) is 0.383. The molecule has 1 atom stereocenters. The van der Waals surface area contributed by atoms with E-state index in [0.29, 0.717) is 21.3 Å². The Balaban J connectivity index is 1.58. The number of aryl methyl sites for hydroxylation is 1. The van der Waals surface area contributed by atoms with Crippen LogP contribution in [0.5, 0.6) is 0 Å². The second kappa shape index (κ2) is 10.8. The molecule has 1 unspecified atom stereocenters. The van der Waals surface area contributed by atoms with Crippen LogP contribution in [0.2, 0.25) is 0 Å². The molecule has 0 aliphatic carbocycles. The number of aliphatic hydroxyl groups excluding tert-OH is 1. The van der Waals surface area contributed by atoms with Crippen LogP contribution in [0.3, 0.4) is 0 Å². The highest BCUT2D eigenvalue weighted by Gasteiger charge is 2.36. The molecule has 192 valence electrons. The van der Waals surface area contributed by atoms with Crippen molar-refractivity contribution in [2.75, 3.05) is 44.2 Å². The number of fused-ring (bicyclic) bond motifs is 1. The molecule has 0 bridgehead atoms. The molecule has 3 heterocycles. The Bertz CT molecular complexity index is 1430. The number of rotatable bonds is 6. The molecule has 7 nitrogen and oxygen atoms in total. The monoisotopic (exact) mass is 534 g/mol. The first-order chi connectivity index (χ1) is 17.9. The van der Waals surface area contributed by atoms with E-state index in [0.717, 1.165) is 48.3 Å². The number of pyridine rings is 1. The third kappa shape index (κ3) is 4.84. The predicted octanol–water partition coefficient (Wildman–Crippen LogP) is 3.62. The van der Waals surface area contributed by atoms with Gasteiger partial charge in [0.15, 0.2) is 0 Å². The van der Waals surface area contributed by atoms with Gasteiger partial charge in [0.2, 0.25) is 0 Å². The van der Waals surface area contributed by atoms with Crippen LogP contribution in [0, 0.1) is 0 Å². The number of hydrogen-bond donors (Lipinski definition) is 1. The fourth-order valence-corrected chi connectivity index (χ4v) is 6.54. The maximum absolute atomic E-state index is 13.7. The molecule has 2 fully saturated rings. The standard InChI is InChI=1S/C28H30N4O3S2/c1-19(20-8-4-3-5-9-20)32-27(35)24(37-28(32)36)18-22-25(31-14-12-30(13-15-31)16-17-33)21-10-6-7-11-23(21)29(2)26(22)34/h3-11,18-19,33H,12-17H2,1-2H3. The molecular weight excluding hydrogens is 504 g/mol. The highest BCUT2D eigenvalue weighted by atomic mass is 32.2. The molecule has 2 aliphatic heterocycles. The van der Waals surface area contributed by atoms with Crippen LogP contribution in [0.4, 0.5) is 5.69 Å². The summed E-state index contributed by atoms with van der Waals surface area (Å²) < 4.78 is 2.14. The largest absolute Gasteiger partial charge is 0.395 e. The van der Waals surface area contributed by atoms with Gasteiger partial charge in [-0.25, -0.2) is 0 Å². The number of carbonyl (C=O) groups excluding carboxylic acids is 1. The number of carbonyl (C=O) groups is 1. The van der Waals surface area contributed by atoms with Crippen LogP contribution < -0.4 is 10.5 Å². The first-order valence-electron chi connectivity index (χ1n) is 12.4. The maximum Gasteiger partial charge on any atom is 0.266 e. The van der Waals surface area contributed by atoms with Crippen LogP contribution in [-0.4, -0.2) is 69.0 Å². The summed E-state index contributed by atoms with van der Waals surface area (Å²) in [6.07, 6.45) is 1.74. The van der Waals surface area contributed by atoms with E-state index in [2.05, 4.69) is 9.80 Å². The molecule has 0 saturated carbocycles. The Hall–Kier alpha value is -2.98. The lowest BCUT2D eigenvalue weighted by molar-refractivity contribution is -0.123. The average molecular weight is 535 g/mol. The minimum atomic E-state index is -0.210. The topological polar surface area (TPSA) is 69.0 Å². The fourth-order valence-electron chi connectivity index (χ4n) is 5.14. The summed E-state index contributed by atoms with van der Waals surface area (Å²) in [5, 5.41) is 10.3. The zero-order valence-electron chi connectivity index (χ0n) is 21.0. The smallest absolute Gasteiger partial charge is 0.266 e. The number of benzene rings is 2. The van der Waals surface area contributed by atoms with Crippen molar-refractivity contribution in [3.8, 4) is 0 Å². The first-order valence-corrected chi connectivity index (χ1v) is 13.6. The van der Waals surface area contributed by atoms with Gasteiger partial charge in [0.1, 0.15) is 4.32 Å². The molecular formula is C28H30N4O3S2. The van der Waals surface area contributed by atoms with E-state index in [-0.39, 0.29) is 24.1 Å². The summed E-state index contributed by atoms with van der Waals surface area (Å²) in [5.74, 6) is -0.180. The fraction of sp³-hybridized carbons (Fsp3) is 0.321. The molecule has 3 aromatic rings. The molecule has 2 aliphatic rings. The van der Waals surface area contributed by atoms with Gasteiger partial charge in [-0.2, -0.15) is 0 Å². The summed E-state index contributed by atoms with van der Waals surface area (Å²) in [4.78, 5) is 33.8. The second-order valence-corrected chi connectivity index (χ2v) is 11.0. The summed E-state index contributed by atoms with van der Waals surface area (Å²) in [6.45, 7) is 5.77. The number of amides is 1. The highest BCUT2D eigenvalue weighted by molar-refractivity contribution is 8.26. The van der Waals surface area contributed by atoms with Crippen molar-refractivity contribution in [3.63, 3.8) is 0 Å². The number of anilines is 1. The minimum absolute atomic E-state index is 0.128. The number of hydrogen-bond acceptors (Lipinski definition) is 7. The number of nitrogens with zero attached hydrogens (tertiary/aromatic N) is 4. The van der Waals surface area contributed by atoms with Crippen LogP contribution >= 0.6 is 24.0 Å². The number of aromatic nitrogens is 1. The number of thioether (sulfide) groups is 1. The molecule has 5 rings (SSSR count). The first kappa shape index (κ1) is 25.7. The Labute approximate surface area is 226 Å². The van der Waals surface area contributed by atoms with Gasteiger partial charge in [0.05, 0.1) is 34.3 Å².